The van der Waals surface area contributed by atoms with Crippen LogP contribution in [0.5, 0.6) is 0 Å². The lowest BCUT2D eigenvalue weighted by molar-refractivity contribution is 0.667. The highest BCUT2D eigenvalue weighted by Crippen LogP contribution is 2.36. The molecule has 4 aromatic rings. The van der Waals surface area contributed by atoms with Crippen LogP contribution in [0.15, 0.2) is 78.9 Å². The van der Waals surface area contributed by atoms with Crippen LogP contribution in [0, 0.1) is 20.8 Å². The van der Waals surface area contributed by atoms with Crippen molar-refractivity contribution >= 4 is 46.6 Å². The fourth-order valence-corrected chi connectivity index (χ4v) is 5.78. The summed E-state index contributed by atoms with van der Waals surface area (Å²) in [5.41, 5.74) is 10.1. The molecule has 0 bridgehead atoms. The van der Waals surface area contributed by atoms with Crippen molar-refractivity contribution in [3.63, 3.8) is 0 Å². The van der Waals surface area contributed by atoms with Crippen molar-refractivity contribution in [1.82, 2.24) is 0 Å². The number of benzene rings is 3. The second kappa shape index (κ2) is 13.4. The highest BCUT2D eigenvalue weighted by molar-refractivity contribution is 7.14. The highest BCUT2D eigenvalue weighted by atomic mass is 32.1. The quantitative estimate of drug-likeness (QED) is 0.178. The maximum atomic E-state index is 2.38. The normalized spacial score (nSPS) is 11.6. The van der Waals surface area contributed by atoms with Crippen molar-refractivity contribution in [3.8, 4) is 0 Å². The monoisotopic (exact) mass is 519 g/mol. The van der Waals surface area contributed by atoms with E-state index in [9.17, 15) is 0 Å². The van der Waals surface area contributed by atoms with Crippen LogP contribution in [-0.4, -0.2) is 0 Å². The molecule has 0 aliphatic heterocycles. The Balaban J connectivity index is 1.56. The second-order valence-corrected chi connectivity index (χ2v) is 11.3. The van der Waals surface area contributed by atoms with Gasteiger partial charge in [-0.05, 0) is 117 Å². The average molecular weight is 520 g/mol. The molecule has 38 heavy (non-hydrogen) atoms. The molecule has 3 aromatic carbocycles. The Morgan fingerprint density at radius 1 is 0.684 bits per heavy atom. The van der Waals surface area contributed by atoms with Crippen LogP contribution in [0.2, 0.25) is 0 Å². The zero-order valence-corrected chi connectivity index (χ0v) is 24.4. The number of rotatable bonds is 11. The lowest BCUT2D eigenvalue weighted by atomic mass is 10.1. The maximum Gasteiger partial charge on any atom is 0.0464 e. The number of anilines is 3. The lowest BCUT2D eigenvalue weighted by Crippen LogP contribution is -2.10. The average Bonchev–Trinajstić information content (AvgIpc) is 3.31. The summed E-state index contributed by atoms with van der Waals surface area (Å²) < 4.78 is 0. The Hall–Kier alpha value is -3.36. The van der Waals surface area contributed by atoms with Gasteiger partial charge in [-0.15, -0.1) is 11.3 Å². The number of unbranched alkanes of at least 4 members (excludes halogenated alkanes) is 3. The topological polar surface area (TPSA) is 3.24 Å². The minimum Gasteiger partial charge on any atom is -0.310 e. The largest absolute Gasteiger partial charge is 0.310 e. The summed E-state index contributed by atoms with van der Waals surface area (Å²) in [6.45, 7) is 10.9. The van der Waals surface area contributed by atoms with Gasteiger partial charge in [-0.25, -0.2) is 0 Å². The fourth-order valence-electron chi connectivity index (χ4n) is 4.70. The van der Waals surface area contributed by atoms with E-state index in [0.717, 1.165) is 5.69 Å². The van der Waals surface area contributed by atoms with Gasteiger partial charge in [-0.1, -0.05) is 74.2 Å². The first-order valence-corrected chi connectivity index (χ1v) is 14.8. The van der Waals surface area contributed by atoms with Crippen LogP contribution in [0.1, 0.15) is 77.1 Å². The van der Waals surface area contributed by atoms with Crippen LogP contribution in [0.25, 0.3) is 18.2 Å². The maximum absolute atomic E-state index is 2.38. The molecular formula is C36H41NS. The van der Waals surface area contributed by atoms with E-state index in [4.69, 9.17) is 0 Å². The number of nitrogens with zero attached hydrogens (tertiary/aromatic N) is 1. The SMILES string of the molecule is CC=Cc1sc(C=Cc2ccc(N(c3ccc(C)cc3)c3ccc(C)c(C)c3)cc2)cc1CCCCCC. The first-order chi connectivity index (χ1) is 18.5. The smallest absolute Gasteiger partial charge is 0.0464 e. The van der Waals surface area contributed by atoms with Crippen LogP contribution >= 0.6 is 11.3 Å². The van der Waals surface area contributed by atoms with Gasteiger partial charge >= 0.3 is 0 Å². The Morgan fingerprint density at radius 2 is 1.37 bits per heavy atom. The van der Waals surface area contributed by atoms with E-state index in [1.807, 2.05) is 11.3 Å². The van der Waals surface area contributed by atoms with Gasteiger partial charge in [0.05, 0.1) is 0 Å². The van der Waals surface area contributed by atoms with Crippen molar-refractivity contribution in [2.24, 2.45) is 0 Å². The Bertz CT molecular complexity index is 1370. The molecule has 0 saturated heterocycles. The molecule has 1 nitrogen and oxygen atoms in total. The summed E-state index contributed by atoms with van der Waals surface area (Å²) in [5, 5.41) is 0. The number of hydrogen-bond acceptors (Lipinski definition) is 2. The molecule has 0 unspecified atom stereocenters. The highest BCUT2D eigenvalue weighted by Gasteiger charge is 2.13. The number of allylic oxidation sites excluding steroid dienone is 1. The van der Waals surface area contributed by atoms with Gasteiger partial charge in [-0.2, -0.15) is 0 Å². The molecule has 0 aliphatic rings. The summed E-state index contributed by atoms with van der Waals surface area (Å²) in [4.78, 5) is 5.07. The zero-order valence-electron chi connectivity index (χ0n) is 23.6. The van der Waals surface area contributed by atoms with E-state index in [1.54, 1.807) is 0 Å². The summed E-state index contributed by atoms with van der Waals surface area (Å²) in [7, 11) is 0. The van der Waals surface area contributed by atoms with Gasteiger partial charge < -0.3 is 4.90 Å². The Morgan fingerprint density at radius 3 is 2.03 bits per heavy atom. The van der Waals surface area contributed by atoms with E-state index in [2.05, 4.69) is 137 Å². The fraction of sp³-hybridized carbons (Fsp3) is 0.278. The molecule has 0 saturated carbocycles. The first-order valence-electron chi connectivity index (χ1n) is 14.0. The minimum atomic E-state index is 1.16. The van der Waals surface area contributed by atoms with Gasteiger partial charge in [-0.3, -0.25) is 0 Å². The number of aryl methyl sites for hydroxylation is 4. The molecule has 0 aliphatic carbocycles. The standard InChI is InChI=1S/C36H41NS/c1-6-8-9-10-12-31-26-35(38-36(31)11-7-2)24-18-30-16-22-33(23-17-30)37(32-19-13-27(3)14-20-32)34-21-15-28(4)29(5)25-34/h7,11,13-26H,6,8-10,12H2,1-5H3. The van der Waals surface area contributed by atoms with Gasteiger partial charge in [0.1, 0.15) is 0 Å². The van der Waals surface area contributed by atoms with Crippen molar-refractivity contribution in [2.45, 2.75) is 66.7 Å². The zero-order chi connectivity index (χ0) is 26.9. The van der Waals surface area contributed by atoms with E-state index in [-0.39, 0.29) is 0 Å². The molecule has 0 fully saturated rings. The third kappa shape index (κ3) is 7.14. The van der Waals surface area contributed by atoms with Gasteiger partial charge in [0.15, 0.2) is 0 Å². The minimum absolute atomic E-state index is 1.16. The Labute approximate surface area is 234 Å². The molecule has 0 amide bonds. The Kier molecular flexibility index (Phi) is 9.79. The summed E-state index contributed by atoms with van der Waals surface area (Å²) in [5.74, 6) is 0. The predicted octanol–water partition coefficient (Wildman–Crippen LogP) is 11.5. The van der Waals surface area contributed by atoms with Gasteiger partial charge in [0, 0.05) is 26.8 Å². The summed E-state index contributed by atoms with van der Waals surface area (Å²) in [6.07, 6.45) is 15.3. The number of thiophene rings is 1. The van der Waals surface area contributed by atoms with Crippen molar-refractivity contribution in [3.05, 3.63) is 116 Å². The van der Waals surface area contributed by atoms with E-state index in [0.29, 0.717) is 0 Å². The van der Waals surface area contributed by atoms with Crippen LogP contribution in [-0.2, 0) is 6.42 Å². The molecule has 1 heterocycles. The molecule has 0 radical (unpaired) electrons. The van der Waals surface area contributed by atoms with Crippen molar-refractivity contribution in [1.29, 1.82) is 0 Å². The van der Waals surface area contributed by atoms with Crippen LogP contribution in [0.3, 0.4) is 0 Å². The molecule has 0 N–H and O–H groups in total. The molecule has 1 aromatic heterocycles. The van der Waals surface area contributed by atoms with Gasteiger partial charge in [0.25, 0.3) is 0 Å². The van der Waals surface area contributed by atoms with E-state index < -0.39 is 0 Å². The summed E-state index contributed by atoms with van der Waals surface area (Å²) >= 11 is 1.89. The van der Waals surface area contributed by atoms with Crippen molar-refractivity contribution < 1.29 is 0 Å². The molecule has 196 valence electrons. The van der Waals surface area contributed by atoms with Crippen LogP contribution in [0.4, 0.5) is 17.1 Å². The molecule has 2 heteroatoms. The third-order valence-electron chi connectivity index (χ3n) is 7.11. The van der Waals surface area contributed by atoms with E-state index >= 15 is 0 Å². The first kappa shape index (κ1) is 27.7. The predicted molar refractivity (Wildman–Crippen MR) is 171 cm³/mol. The molecular weight excluding hydrogens is 478 g/mol. The lowest BCUT2D eigenvalue weighted by Gasteiger charge is -2.26. The molecule has 0 spiro atoms. The second-order valence-electron chi connectivity index (χ2n) is 10.2. The van der Waals surface area contributed by atoms with Crippen molar-refractivity contribution in [2.75, 3.05) is 4.90 Å². The summed E-state index contributed by atoms with van der Waals surface area (Å²) in [6, 6.07) is 26.8. The molecule has 0 atom stereocenters. The third-order valence-corrected chi connectivity index (χ3v) is 8.22. The molecule has 4 rings (SSSR count). The van der Waals surface area contributed by atoms with E-state index in [1.165, 1.54) is 81.1 Å². The van der Waals surface area contributed by atoms with Crippen LogP contribution < -0.4 is 4.90 Å². The number of hydrogen-bond donors (Lipinski definition) is 0. The van der Waals surface area contributed by atoms with Gasteiger partial charge in [0.2, 0.25) is 0 Å².